The van der Waals surface area contributed by atoms with E-state index in [2.05, 4.69) is 42.5 Å². The molecular weight excluding hydrogens is 256 g/mol. The summed E-state index contributed by atoms with van der Waals surface area (Å²) >= 11 is 1.71. The average Bonchev–Trinajstić information content (AvgIpc) is 2.80. The zero-order valence-corrected chi connectivity index (χ0v) is 12.6. The van der Waals surface area contributed by atoms with Crippen LogP contribution in [0.4, 0.5) is 0 Å². The van der Waals surface area contributed by atoms with Crippen molar-refractivity contribution in [3.63, 3.8) is 0 Å². The highest BCUT2D eigenvalue weighted by molar-refractivity contribution is 7.17. The molecule has 2 heterocycles. The van der Waals surface area contributed by atoms with Crippen molar-refractivity contribution in [2.75, 3.05) is 6.61 Å². The van der Waals surface area contributed by atoms with Crippen molar-refractivity contribution in [1.29, 1.82) is 0 Å². The number of aliphatic hydroxyl groups is 1. The summed E-state index contributed by atoms with van der Waals surface area (Å²) in [5, 5.41) is 14.9. The van der Waals surface area contributed by atoms with E-state index in [4.69, 9.17) is 0 Å². The minimum absolute atomic E-state index is 0.138. The van der Waals surface area contributed by atoms with Crippen LogP contribution < -0.4 is 5.32 Å². The van der Waals surface area contributed by atoms with E-state index in [9.17, 15) is 5.11 Å². The van der Waals surface area contributed by atoms with Gasteiger partial charge in [-0.25, -0.2) is 0 Å². The van der Waals surface area contributed by atoms with Crippen LogP contribution in [0.15, 0.2) is 23.7 Å². The molecular formula is C15H22N2OS. The van der Waals surface area contributed by atoms with Gasteiger partial charge in [-0.2, -0.15) is 0 Å². The number of nitrogens with zero attached hydrogens (tertiary/aromatic N) is 1. The Labute approximate surface area is 118 Å². The molecule has 2 N–H and O–H groups in total. The Kier molecular flexibility index (Phi) is 4.55. The van der Waals surface area contributed by atoms with Gasteiger partial charge in [0.2, 0.25) is 0 Å². The molecule has 0 saturated heterocycles. The third kappa shape index (κ3) is 4.27. The lowest BCUT2D eigenvalue weighted by molar-refractivity contribution is 0.198. The first-order chi connectivity index (χ1) is 8.98. The van der Waals surface area contributed by atoms with Gasteiger partial charge in [-0.1, -0.05) is 20.8 Å². The Bertz CT molecular complexity index is 530. The molecule has 0 saturated carbocycles. The molecule has 3 nitrogen and oxygen atoms in total. The quantitative estimate of drug-likeness (QED) is 0.883. The molecule has 0 aliphatic carbocycles. The van der Waals surface area contributed by atoms with Gasteiger partial charge in [-0.05, 0) is 34.9 Å². The lowest BCUT2D eigenvalue weighted by atomic mass is 9.88. The van der Waals surface area contributed by atoms with E-state index < -0.39 is 0 Å². The van der Waals surface area contributed by atoms with Gasteiger partial charge in [0.1, 0.15) is 0 Å². The van der Waals surface area contributed by atoms with E-state index in [1.54, 1.807) is 11.3 Å². The molecule has 104 valence electrons. The lowest BCUT2D eigenvalue weighted by Crippen LogP contribution is -2.35. The van der Waals surface area contributed by atoms with Crippen LogP contribution in [0.25, 0.3) is 10.2 Å². The second-order valence-electron chi connectivity index (χ2n) is 6.17. The second-order valence-corrected chi connectivity index (χ2v) is 7.12. The van der Waals surface area contributed by atoms with Crippen LogP contribution >= 0.6 is 11.3 Å². The molecule has 1 atom stereocenters. The summed E-state index contributed by atoms with van der Waals surface area (Å²) < 4.78 is 1.22. The standard InChI is InChI=1S/C15H22N2OS/c1-15(2,3)7-12(10-18)16-8-11-6-14-13(17-9-11)4-5-19-14/h4-6,9,12,16,18H,7-8,10H2,1-3H3. The molecule has 0 aliphatic heterocycles. The summed E-state index contributed by atoms with van der Waals surface area (Å²) in [6, 6.07) is 4.35. The van der Waals surface area contributed by atoms with Crippen molar-refractivity contribution in [3.8, 4) is 0 Å². The number of fused-ring (bicyclic) bond motifs is 1. The fourth-order valence-corrected chi connectivity index (χ4v) is 2.99. The number of hydrogen-bond acceptors (Lipinski definition) is 4. The summed E-state index contributed by atoms with van der Waals surface area (Å²) in [5.41, 5.74) is 2.44. The average molecular weight is 278 g/mol. The molecule has 1 unspecified atom stereocenters. The number of nitrogens with one attached hydrogen (secondary N) is 1. The van der Waals surface area contributed by atoms with Crippen molar-refractivity contribution in [1.82, 2.24) is 10.3 Å². The summed E-state index contributed by atoms with van der Waals surface area (Å²) in [6.45, 7) is 7.50. The molecule has 0 amide bonds. The van der Waals surface area contributed by atoms with Crippen LogP contribution in [-0.2, 0) is 6.54 Å². The highest BCUT2D eigenvalue weighted by Gasteiger charge is 2.17. The first kappa shape index (κ1) is 14.4. The minimum Gasteiger partial charge on any atom is -0.395 e. The maximum absolute atomic E-state index is 9.43. The monoisotopic (exact) mass is 278 g/mol. The first-order valence-corrected chi connectivity index (χ1v) is 7.52. The second kappa shape index (κ2) is 5.99. The van der Waals surface area contributed by atoms with E-state index in [-0.39, 0.29) is 18.1 Å². The van der Waals surface area contributed by atoms with E-state index >= 15 is 0 Å². The summed E-state index contributed by atoms with van der Waals surface area (Å²) in [6.07, 6.45) is 2.87. The van der Waals surface area contributed by atoms with Crippen LogP contribution in [0.3, 0.4) is 0 Å². The smallest absolute Gasteiger partial charge is 0.0809 e. The number of aliphatic hydroxyl groups excluding tert-OH is 1. The topological polar surface area (TPSA) is 45.1 Å². The zero-order valence-electron chi connectivity index (χ0n) is 11.8. The number of thiophene rings is 1. The van der Waals surface area contributed by atoms with Crippen molar-refractivity contribution in [2.24, 2.45) is 5.41 Å². The number of pyridine rings is 1. The van der Waals surface area contributed by atoms with Gasteiger partial charge >= 0.3 is 0 Å². The molecule has 0 fully saturated rings. The van der Waals surface area contributed by atoms with Crippen LogP contribution in [0, 0.1) is 5.41 Å². The molecule has 0 aliphatic rings. The zero-order chi connectivity index (χ0) is 13.9. The van der Waals surface area contributed by atoms with Gasteiger partial charge in [0.15, 0.2) is 0 Å². The largest absolute Gasteiger partial charge is 0.395 e. The number of rotatable bonds is 5. The van der Waals surface area contributed by atoms with E-state index in [0.717, 1.165) is 18.5 Å². The molecule has 0 bridgehead atoms. The van der Waals surface area contributed by atoms with Gasteiger partial charge in [-0.3, -0.25) is 4.98 Å². The summed E-state index contributed by atoms with van der Waals surface area (Å²) in [4.78, 5) is 4.43. The predicted octanol–water partition coefficient (Wildman–Crippen LogP) is 3.18. The van der Waals surface area contributed by atoms with Crippen molar-refractivity contribution < 1.29 is 5.11 Å². The van der Waals surface area contributed by atoms with Gasteiger partial charge in [0.25, 0.3) is 0 Å². The van der Waals surface area contributed by atoms with Crippen LogP contribution in [0.2, 0.25) is 0 Å². The van der Waals surface area contributed by atoms with Crippen molar-refractivity contribution in [3.05, 3.63) is 29.3 Å². The van der Waals surface area contributed by atoms with Gasteiger partial charge in [0, 0.05) is 18.8 Å². The molecule has 0 spiro atoms. The fourth-order valence-electron chi connectivity index (χ4n) is 2.19. The number of hydrogen-bond donors (Lipinski definition) is 2. The van der Waals surface area contributed by atoms with Crippen LogP contribution in [-0.4, -0.2) is 22.7 Å². The van der Waals surface area contributed by atoms with Gasteiger partial charge in [0.05, 0.1) is 16.8 Å². The Balaban J connectivity index is 1.96. The Morgan fingerprint density at radius 1 is 1.42 bits per heavy atom. The highest BCUT2D eigenvalue weighted by Crippen LogP contribution is 2.22. The Morgan fingerprint density at radius 2 is 2.21 bits per heavy atom. The third-order valence-corrected chi connectivity index (χ3v) is 3.89. The molecule has 0 aromatic carbocycles. The van der Waals surface area contributed by atoms with E-state index in [1.165, 1.54) is 10.3 Å². The molecule has 0 radical (unpaired) electrons. The summed E-state index contributed by atoms with van der Waals surface area (Å²) in [7, 11) is 0. The first-order valence-electron chi connectivity index (χ1n) is 6.64. The molecule has 2 aromatic rings. The number of aromatic nitrogens is 1. The highest BCUT2D eigenvalue weighted by atomic mass is 32.1. The third-order valence-electron chi connectivity index (χ3n) is 3.03. The Hall–Kier alpha value is -0.970. The molecule has 2 rings (SSSR count). The van der Waals surface area contributed by atoms with Gasteiger partial charge < -0.3 is 10.4 Å². The molecule has 2 aromatic heterocycles. The van der Waals surface area contributed by atoms with Crippen LogP contribution in [0.5, 0.6) is 0 Å². The minimum atomic E-state index is 0.138. The lowest BCUT2D eigenvalue weighted by Gasteiger charge is -2.25. The van der Waals surface area contributed by atoms with Gasteiger partial charge in [-0.15, -0.1) is 11.3 Å². The molecule has 4 heteroatoms. The van der Waals surface area contributed by atoms with Crippen LogP contribution in [0.1, 0.15) is 32.8 Å². The maximum Gasteiger partial charge on any atom is 0.0809 e. The van der Waals surface area contributed by atoms with E-state index in [0.29, 0.717) is 0 Å². The normalized spacial score (nSPS) is 13.9. The maximum atomic E-state index is 9.43. The van der Waals surface area contributed by atoms with Crippen molar-refractivity contribution in [2.45, 2.75) is 39.8 Å². The fraction of sp³-hybridized carbons (Fsp3) is 0.533. The SMILES string of the molecule is CC(C)(C)CC(CO)NCc1cnc2ccsc2c1. The Morgan fingerprint density at radius 3 is 2.89 bits per heavy atom. The molecule has 19 heavy (non-hydrogen) atoms. The van der Waals surface area contributed by atoms with E-state index in [1.807, 2.05) is 12.3 Å². The van der Waals surface area contributed by atoms with Crippen molar-refractivity contribution >= 4 is 21.6 Å². The summed E-state index contributed by atoms with van der Waals surface area (Å²) in [5.74, 6) is 0. The predicted molar refractivity (Wildman–Crippen MR) is 81.4 cm³/mol.